The molecule has 0 fully saturated rings. The van der Waals surface area contributed by atoms with Gasteiger partial charge in [-0.25, -0.2) is 0 Å². The Balaban J connectivity index is 1.88. The zero-order chi connectivity index (χ0) is 11.4. The van der Waals surface area contributed by atoms with Gasteiger partial charge in [0.2, 0.25) is 0 Å². The second kappa shape index (κ2) is 5.35. The van der Waals surface area contributed by atoms with E-state index in [1.54, 1.807) is 0 Å². The number of nitrogens with zero attached hydrogens (tertiary/aromatic N) is 1. The maximum atomic E-state index is 6.06. The van der Waals surface area contributed by atoms with Crippen LogP contribution in [0.25, 0.3) is 0 Å². The first-order valence-corrected chi connectivity index (χ1v) is 6.39. The van der Waals surface area contributed by atoms with Gasteiger partial charge >= 0.3 is 0 Å². The maximum Gasteiger partial charge on any atom is 0.0399 e. The van der Waals surface area contributed by atoms with E-state index in [2.05, 4.69) is 36.1 Å². The van der Waals surface area contributed by atoms with Crippen LogP contribution in [0.1, 0.15) is 31.7 Å². The van der Waals surface area contributed by atoms with E-state index in [1.165, 1.54) is 24.1 Å². The molecule has 2 nitrogen and oxygen atoms in total. The Kier molecular flexibility index (Phi) is 3.83. The van der Waals surface area contributed by atoms with Crippen LogP contribution in [0.4, 0.5) is 5.69 Å². The van der Waals surface area contributed by atoms with Crippen LogP contribution in [0.3, 0.4) is 0 Å². The van der Waals surface area contributed by atoms with Crippen LogP contribution >= 0.6 is 0 Å². The third-order valence-electron chi connectivity index (χ3n) is 3.41. The molecule has 1 unspecified atom stereocenters. The Morgan fingerprint density at radius 2 is 2.12 bits per heavy atom. The number of para-hydroxylation sites is 1. The predicted molar refractivity (Wildman–Crippen MR) is 69.9 cm³/mol. The Morgan fingerprint density at radius 1 is 1.31 bits per heavy atom. The summed E-state index contributed by atoms with van der Waals surface area (Å²) in [5.74, 6) is 0. The normalized spacial score (nSPS) is 16.2. The number of fused-ring (bicyclic) bond motifs is 1. The minimum Gasteiger partial charge on any atom is -0.371 e. The summed E-state index contributed by atoms with van der Waals surface area (Å²) in [6.45, 7) is 4.47. The lowest BCUT2D eigenvalue weighted by atomic mass is 10.1. The van der Waals surface area contributed by atoms with Gasteiger partial charge in [0.15, 0.2) is 0 Å². The lowest BCUT2D eigenvalue weighted by Gasteiger charge is -2.21. The quantitative estimate of drug-likeness (QED) is 0.823. The van der Waals surface area contributed by atoms with E-state index in [4.69, 9.17) is 5.73 Å². The molecule has 0 saturated carbocycles. The van der Waals surface area contributed by atoms with Crippen LogP contribution in [0, 0.1) is 0 Å². The van der Waals surface area contributed by atoms with Gasteiger partial charge in [-0.3, -0.25) is 0 Å². The van der Waals surface area contributed by atoms with E-state index in [9.17, 15) is 0 Å². The van der Waals surface area contributed by atoms with Crippen LogP contribution in [-0.2, 0) is 6.42 Å². The molecule has 1 aromatic rings. The summed E-state index contributed by atoms with van der Waals surface area (Å²) in [6, 6.07) is 9.10. The second-order valence-electron chi connectivity index (χ2n) is 4.70. The van der Waals surface area contributed by atoms with Gasteiger partial charge in [-0.1, -0.05) is 31.5 Å². The van der Waals surface area contributed by atoms with Crippen LogP contribution in [0.2, 0.25) is 0 Å². The average molecular weight is 218 g/mol. The van der Waals surface area contributed by atoms with E-state index in [1.807, 2.05) is 0 Å². The Bertz CT molecular complexity index is 335. The first-order chi connectivity index (χ1) is 7.81. The van der Waals surface area contributed by atoms with Crippen LogP contribution < -0.4 is 10.6 Å². The molecule has 0 radical (unpaired) electrons. The zero-order valence-electron chi connectivity index (χ0n) is 10.2. The summed E-state index contributed by atoms with van der Waals surface area (Å²) < 4.78 is 0. The Morgan fingerprint density at radius 3 is 2.94 bits per heavy atom. The fraction of sp³-hybridized carbons (Fsp3) is 0.571. The molecule has 1 aromatic carbocycles. The number of rotatable bonds is 5. The van der Waals surface area contributed by atoms with Crippen molar-refractivity contribution < 1.29 is 0 Å². The number of hydrogen-bond acceptors (Lipinski definition) is 2. The van der Waals surface area contributed by atoms with Gasteiger partial charge in [0.25, 0.3) is 0 Å². The molecule has 0 amide bonds. The van der Waals surface area contributed by atoms with Crippen molar-refractivity contribution in [1.29, 1.82) is 0 Å². The Hall–Kier alpha value is -1.02. The standard InChI is InChI=1S/C14H22N2/c1-2-5-13(15)9-11-16-10-8-12-6-3-4-7-14(12)16/h3-4,6-7,13H,2,5,8-11,15H2,1H3. The van der Waals surface area contributed by atoms with E-state index in [0.29, 0.717) is 6.04 Å². The lowest BCUT2D eigenvalue weighted by molar-refractivity contribution is 0.556. The first kappa shape index (κ1) is 11.5. The van der Waals surface area contributed by atoms with Gasteiger partial charge in [0, 0.05) is 24.8 Å². The summed E-state index contributed by atoms with van der Waals surface area (Å²) in [6.07, 6.45) is 4.65. The van der Waals surface area contributed by atoms with Gasteiger partial charge in [0.05, 0.1) is 0 Å². The highest BCUT2D eigenvalue weighted by Crippen LogP contribution is 2.27. The summed E-state index contributed by atoms with van der Waals surface area (Å²) in [7, 11) is 0. The van der Waals surface area contributed by atoms with Crippen LogP contribution in [0.15, 0.2) is 24.3 Å². The summed E-state index contributed by atoms with van der Waals surface area (Å²) >= 11 is 0. The highest BCUT2D eigenvalue weighted by atomic mass is 15.1. The molecular weight excluding hydrogens is 196 g/mol. The second-order valence-corrected chi connectivity index (χ2v) is 4.70. The van der Waals surface area contributed by atoms with Gasteiger partial charge in [-0.15, -0.1) is 0 Å². The number of hydrogen-bond donors (Lipinski definition) is 1. The Labute approximate surface area is 98.4 Å². The molecule has 0 bridgehead atoms. The van der Waals surface area contributed by atoms with E-state index < -0.39 is 0 Å². The minimum absolute atomic E-state index is 0.373. The molecule has 0 aliphatic carbocycles. The molecule has 2 N–H and O–H groups in total. The SMILES string of the molecule is CCCC(N)CCN1CCc2ccccc21. The molecule has 1 atom stereocenters. The van der Waals surface area contributed by atoms with Crippen molar-refractivity contribution in [3.05, 3.63) is 29.8 Å². The van der Waals surface area contributed by atoms with E-state index >= 15 is 0 Å². The van der Waals surface area contributed by atoms with Crippen molar-refractivity contribution in [1.82, 2.24) is 0 Å². The number of nitrogens with two attached hydrogens (primary N) is 1. The van der Waals surface area contributed by atoms with Gasteiger partial charge in [-0.2, -0.15) is 0 Å². The van der Waals surface area contributed by atoms with Crippen molar-refractivity contribution in [2.24, 2.45) is 5.73 Å². The van der Waals surface area contributed by atoms with Crippen molar-refractivity contribution in [2.45, 2.75) is 38.6 Å². The summed E-state index contributed by atoms with van der Waals surface area (Å²) in [5, 5.41) is 0. The molecule has 0 aromatic heterocycles. The summed E-state index contributed by atoms with van der Waals surface area (Å²) in [5.41, 5.74) is 8.97. The molecule has 88 valence electrons. The molecule has 0 spiro atoms. The first-order valence-electron chi connectivity index (χ1n) is 6.39. The van der Waals surface area contributed by atoms with E-state index in [0.717, 1.165) is 25.9 Å². The molecule has 2 rings (SSSR count). The third-order valence-corrected chi connectivity index (χ3v) is 3.41. The van der Waals surface area contributed by atoms with Gasteiger partial charge in [-0.05, 0) is 30.9 Å². The minimum atomic E-state index is 0.373. The predicted octanol–water partition coefficient (Wildman–Crippen LogP) is 2.57. The van der Waals surface area contributed by atoms with Gasteiger partial charge in [0.1, 0.15) is 0 Å². The maximum absolute atomic E-state index is 6.06. The molecule has 1 heterocycles. The molecular formula is C14H22N2. The third kappa shape index (κ3) is 2.56. The fourth-order valence-corrected chi connectivity index (χ4v) is 2.48. The zero-order valence-corrected chi connectivity index (χ0v) is 10.2. The van der Waals surface area contributed by atoms with Crippen molar-refractivity contribution in [3.63, 3.8) is 0 Å². The van der Waals surface area contributed by atoms with Crippen molar-refractivity contribution in [3.8, 4) is 0 Å². The molecule has 1 aliphatic rings. The molecule has 0 saturated heterocycles. The smallest absolute Gasteiger partial charge is 0.0399 e. The molecule has 16 heavy (non-hydrogen) atoms. The molecule has 1 aliphatic heterocycles. The van der Waals surface area contributed by atoms with Crippen molar-refractivity contribution in [2.75, 3.05) is 18.0 Å². The topological polar surface area (TPSA) is 29.3 Å². The van der Waals surface area contributed by atoms with Crippen molar-refractivity contribution >= 4 is 5.69 Å². The highest BCUT2D eigenvalue weighted by molar-refractivity contribution is 5.57. The number of benzene rings is 1. The highest BCUT2D eigenvalue weighted by Gasteiger charge is 2.18. The van der Waals surface area contributed by atoms with Crippen LogP contribution in [0.5, 0.6) is 0 Å². The fourth-order valence-electron chi connectivity index (χ4n) is 2.48. The monoisotopic (exact) mass is 218 g/mol. The lowest BCUT2D eigenvalue weighted by Crippen LogP contribution is -2.29. The summed E-state index contributed by atoms with van der Waals surface area (Å²) in [4.78, 5) is 2.48. The van der Waals surface area contributed by atoms with Gasteiger partial charge < -0.3 is 10.6 Å². The van der Waals surface area contributed by atoms with E-state index in [-0.39, 0.29) is 0 Å². The van der Waals surface area contributed by atoms with Crippen LogP contribution in [-0.4, -0.2) is 19.1 Å². The number of anilines is 1. The average Bonchev–Trinajstić information content (AvgIpc) is 2.70. The largest absolute Gasteiger partial charge is 0.371 e. The molecule has 2 heteroatoms.